The van der Waals surface area contributed by atoms with Crippen molar-refractivity contribution >= 4 is 23.6 Å². The second-order valence-corrected chi connectivity index (χ2v) is 5.88. The van der Waals surface area contributed by atoms with Crippen molar-refractivity contribution in [1.29, 1.82) is 0 Å². The van der Waals surface area contributed by atoms with Crippen LogP contribution < -0.4 is 15.4 Å². The summed E-state index contributed by atoms with van der Waals surface area (Å²) < 4.78 is 5.09. The van der Waals surface area contributed by atoms with Gasteiger partial charge in [0.25, 0.3) is 0 Å². The molecule has 0 bridgehead atoms. The zero-order chi connectivity index (χ0) is 18.9. The van der Waals surface area contributed by atoms with Crippen molar-refractivity contribution in [2.24, 2.45) is 0 Å². The monoisotopic (exact) mass is 352 g/mol. The van der Waals surface area contributed by atoms with Crippen LogP contribution in [0, 0.1) is 0 Å². The number of carbonyl (C=O) groups is 2. The SMILES string of the molecule is CCc1cccc(NC(=O)C(C)NC(=O)/C=C/c2ccc(OC)cc2)c1. The molecule has 5 nitrogen and oxygen atoms in total. The van der Waals surface area contributed by atoms with Gasteiger partial charge in [-0.05, 0) is 54.8 Å². The Bertz CT molecular complexity index is 782. The molecule has 136 valence electrons. The number of amides is 2. The predicted octanol–water partition coefficient (Wildman–Crippen LogP) is 3.41. The smallest absolute Gasteiger partial charge is 0.246 e. The standard InChI is InChI=1S/C21H24N2O3/c1-4-16-6-5-7-18(14-16)23-21(25)15(2)22-20(24)13-10-17-8-11-19(26-3)12-9-17/h5-15H,4H2,1-3H3,(H,22,24)(H,23,25)/b13-10+. The van der Waals surface area contributed by atoms with Crippen molar-refractivity contribution in [2.75, 3.05) is 12.4 Å². The number of nitrogens with one attached hydrogen (secondary N) is 2. The van der Waals surface area contributed by atoms with Gasteiger partial charge < -0.3 is 15.4 Å². The number of rotatable bonds is 7. The minimum atomic E-state index is -0.645. The van der Waals surface area contributed by atoms with Gasteiger partial charge in [0, 0.05) is 11.8 Å². The molecule has 2 rings (SSSR count). The highest BCUT2D eigenvalue weighted by molar-refractivity contribution is 5.99. The summed E-state index contributed by atoms with van der Waals surface area (Å²) in [6.45, 7) is 3.71. The normalized spacial score (nSPS) is 11.8. The average molecular weight is 352 g/mol. The Balaban J connectivity index is 1.88. The number of ether oxygens (including phenoxy) is 1. The van der Waals surface area contributed by atoms with Crippen LogP contribution in [0.3, 0.4) is 0 Å². The lowest BCUT2D eigenvalue weighted by atomic mass is 10.1. The quantitative estimate of drug-likeness (QED) is 0.751. The van der Waals surface area contributed by atoms with Crippen LogP contribution in [0.15, 0.2) is 54.6 Å². The Hall–Kier alpha value is -3.08. The van der Waals surface area contributed by atoms with Crippen LogP contribution in [0.5, 0.6) is 5.75 Å². The first-order chi connectivity index (χ1) is 12.5. The maximum atomic E-state index is 12.2. The number of methoxy groups -OCH3 is 1. The van der Waals surface area contributed by atoms with Gasteiger partial charge in [0.1, 0.15) is 11.8 Å². The zero-order valence-corrected chi connectivity index (χ0v) is 15.3. The highest BCUT2D eigenvalue weighted by Crippen LogP contribution is 2.13. The van der Waals surface area contributed by atoms with Crippen LogP contribution in [-0.4, -0.2) is 25.0 Å². The fraction of sp³-hybridized carbons (Fsp3) is 0.238. The van der Waals surface area contributed by atoms with Gasteiger partial charge in [0.05, 0.1) is 7.11 Å². The van der Waals surface area contributed by atoms with E-state index in [0.29, 0.717) is 0 Å². The van der Waals surface area contributed by atoms with E-state index in [0.717, 1.165) is 29.0 Å². The van der Waals surface area contributed by atoms with E-state index in [1.807, 2.05) is 48.5 Å². The number of benzene rings is 2. The molecule has 2 amide bonds. The van der Waals surface area contributed by atoms with Gasteiger partial charge in [-0.3, -0.25) is 9.59 Å². The van der Waals surface area contributed by atoms with Crippen molar-refractivity contribution in [1.82, 2.24) is 5.32 Å². The Morgan fingerprint density at radius 2 is 1.88 bits per heavy atom. The van der Waals surface area contributed by atoms with E-state index in [2.05, 4.69) is 17.6 Å². The Morgan fingerprint density at radius 3 is 2.54 bits per heavy atom. The molecule has 1 unspecified atom stereocenters. The van der Waals surface area contributed by atoms with E-state index in [1.54, 1.807) is 20.1 Å². The Morgan fingerprint density at radius 1 is 1.15 bits per heavy atom. The molecule has 0 spiro atoms. The van der Waals surface area contributed by atoms with E-state index in [9.17, 15) is 9.59 Å². The first-order valence-electron chi connectivity index (χ1n) is 8.54. The average Bonchev–Trinajstić information content (AvgIpc) is 2.66. The first-order valence-corrected chi connectivity index (χ1v) is 8.54. The summed E-state index contributed by atoms with van der Waals surface area (Å²) in [5.74, 6) is 0.166. The maximum Gasteiger partial charge on any atom is 0.246 e. The van der Waals surface area contributed by atoms with Gasteiger partial charge in [0.2, 0.25) is 11.8 Å². The van der Waals surface area contributed by atoms with Crippen LogP contribution in [0.1, 0.15) is 25.0 Å². The molecule has 0 aliphatic carbocycles. The van der Waals surface area contributed by atoms with Crippen LogP contribution >= 0.6 is 0 Å². The predicted molar refractivity (Wildman–Crippen MR) is 104 cm³/mol. The zero-order valence-electron chi connectivity index (χ0n) is 15.3. The molecule has 0 heterocycles. The molecule has 2 aromatic carbocycles. The number of hydrogen-bond acceptors (Lipinski definition) is 3. The van der Waals surface area contributed by atoms with Gasteiger partial charge in [0.15, 0.2) is 0 Å². The van der Waals surface area contributed by atoms with Crippen LogP contribution in [0.25, 0.3) is 6.08 Å². The van der Waals surface area contributed by atoms with Crippen molar-refractivity contribution in [2.45, 2.75) is 26.3 Å². The van der Waals surface area contributed by atoms with Crippen LogP contribution in [0.4, 0.5) is 5.69 Å². The molecule has 26 heavy (non-hydrogen) atoms. The maximum absolute atomic E-state index is 12.2. The molecule has 0 saturated heterocycles. The molecule has 0 saturated carbocycles. The lowest BCUT2D eigenvalue weighted by molar-refractivity contribution is -0.123. The molecule has 0 fully saturated rings. The minimum Gasteiger partial charge on any atom is -0.497 e. The van der Waals surface area contributed by atoms with Gasteiger partial charge in [-0.15, -0.1) is 0 Å². The Labute approximate surface area is 154 Å². The molecule has 1 atom stereocenters. The molecule has 0 aliphatic rings. The van der Waals surface area contributed by atoms with E-state index < -0.39 is 6.04 Å². The highest BCUT2D eigenvalue weighted by atomic mass is 16.5. The summed E-state index contributed by atoms with van der Waals surface area (Å²) in [6, 6.07) is 14.3. The second kappa shape index (κ2) is 9.42. The highest BCUT2D eigenvalue weighted by Gasteiger charge is 2.14. The third-order valence-electron chi connectivity index (χ3n) is 3.90. The van der Waals surface area contributed by atoms with Crippen molar-refractivity contribution in [3.63, 3.8) is 0 Å². The van der Waals surface area contributed by atoms with E-state index >= 15 is 0 Å². The fourth-order valence-corrected chi connectivity index (χ4v) is 2.33. The molecular formula is C21H24N2O3. The lowest BCUT2D eigenvalue weighted by Gasteiger charge is -2.13. The molecule has 0 aromatic heterocycles. The summed E-state index contributed by atoms with van der Waals surface area (Å²) >= 11 is 0. The lowest BCUT2D eigenvalue weighted by Crippen LogP contribution is -2.40. The van der Waals surface area contributed by atoms with Gasteiger partial charge in [-0.1, -0.05) is 31.2 Å². The van der Waals surface area contributed by atoms with Gasteiger partial charge >= 0.3 is 0 Å². The summed E-state index contributed by atoms with van der Waals surface area (Å²) in [4.78, 5) is 24.2. The third-order valence-corrected chi connectivity index (χ3v) is 3.90. The van der Waals surface area contributed by atoms with Crippen molar-refractivity contribution in [3.8, 4) is 5.75 Å². The second-order valence-electron chi connectivity index (χ2n) is 5.88. The summed E-state index contributed by atoms with van der Waals surface area (Å²) in [5, 5.41) is 5.48. The largest absolute Gasteiger partial charge is 0.497 e. The summed E-state index contributed by atoms with van der Waals surface area (Å²) in [5.41, 5.74) is 2.74. The number of aryl methyl sites for hydroxylation is 1. The number of carbonyl (C=O) groups excluding carboxylic acids is 2. The summed E-state index contributed by atoms with van der Waals surface area (Å²) in [6.07, 6.45) is 3.99. The topological polar surface area (TPSA) is 67.4 Å². The van der Waals surface area contributed by atoms with E-state index in [-0.39, 0.29) is 11.8 Å². The molecule has 2 N–H and O–H groups in total. The van der Waals surface area contributed by atoms with E-state index in [1.165, 1.54) is 6.08 Å². The number of hydrogen-bond donors (Lipinski definition) is 2. The Kier molecular flexibility index (Phi) is 6.97. The van der Waals surface area contributed by atoms with Crippen LogP contribution in [0.2, 0.25) is 0 Å². The molecule has 2 aromatic rings. The first kappa shape index (κ1) is 19.2. The number of anilines is 1. The van der Waals surface area contributed by atoms with Gasteiger partial charge in [-0.25, -0.2) is 0 Å². The minimum absolute atomic E-state index is 0.260. The van der Waals surface area contributed by atoms with Crippen molar-refractivity contribution in [3.05, 3.63) is 65.7 Å². The molecule has 5 heteroatoms. The molecular weight excluding hydrogens is 328 g/mol. The third kappa shape index (κ3) is 5.77. The van der Waals surface area contributed by atoms with Crippen LogP contribution in [-0.2, 0) is 16.0 Å². The molecule has 0 radical (unpaired) electrons. The fourth-order valence-electron chi connectivity index (χ4n) is 2.33. The van der Waals surface area contributed by atoms with E-state index in [4.69, 9.17) is 4.74 Å². The van der Waals surface area contributed by atoms with Crippen molar-refractivity contribution < 1.29 is 14.3 Å². The van der Waals surface area contributed by atoms with Gasteiger partial charge in [-0.2, -0.15) is 0 Å². The summed E-state index contributed by atoms with van der Waals surface area (Å²) in [7, 11) is 1.60. The molecule has 0 aliphatic heterocycles.